The van der Waals surface area contributed by atoms with Crippen molar-refractivity contribution in [2.45, 2.75) is 18.6 Å². The van der Waals surface area contributed by atoms with Gasteiger partial charge in [0.25, 0.3) is 0 Å². The minimum atomic E-state index is 0.375. The molecule has 13 heavy (non-hydrogen) atoms. The summed E-state index contributed by atoms with van der Waals surface area (Å²) < 4.78 is 10.4. The van der Waals surface area contributed by atoms with Crippen molar-refractivity contribution in [3.8, 4) is 0 Å². The maximum Gasteiger partial charge on any atom is 0.106 e. The third-order valence-electron chi connectivity index (χ3n) is 2.52. The Balaban J connectivity index is 1.79. The molecule has 2 saturated heterocycles. The van der Waals surface area contributed by atoms with Crippen LogP contribution in [0.4, 0.5) is 0 Å². The number of ether oxygens (including phenoxy) is 2. The van der Waals surface area contributed by atoms with Crippen LogP contribution < -0.4 is 0 Å². The third-order valence-corrected chi connectivity index (χ3v) is 2.52. The summed E-state index contributed by atoms with van der Waals surface area (Å²) in [6.45, 7) is 1.83. The summed E-state index contributed by atoms with van der Waals surface area (Å²) in [6, 6.07) is 8.64. The molecule has 0 radical (unpaired) electrons. The molecular formula is C11H12O2. The van der Waals surface area contributed by atoms with Gasteiger partial charge in [-0.2, -0.15) is 0 Å². The number of hydrogen-bond acceptors (Lipinski definition) is 2. The first-order chi connectivity index (χ1) is 6.42. The molecule has 2 atom stereocenters. The van der Waals surface area contributed by atoms with Crippen LogP contribution in [-0.2, 0) is 15.9 Å². The lowest BCUT2D eigenvalue weighted by Gasteiger charge is -2.00. The standard InChI is InChI=1S/C11H12O2/c1-2-8(5-10-6-12-10)4-9(3-1)11-7-13-11/h1-4,10-11H,5-7H2. The normalized spacial score (nSPS) is 30.2. The van der Waals surface area contributed by atoms with Crippen molar-refractivity contribution < 1.29 is 9.47 Å². The second kappa shape index (κ2) is 2.82. The van der Waals surface area contributed by atoms with Gasteiger partial charge in [0, 0.05) is 6.42 Å². The first-order valence-corrected chi connectivity index (χ1v) is 4.74. The molecule has 0 N–H and O–H groups in total. The van der Waals surface area contributed by atoms with Crippen LogP contribution in [0.3, 0.4) is 0 Å². The molecule has 0 bridgehead atoms. The van der Waals surface area contributed by atoms with Gasteiger partial charge in [0.2, 0.25) is 0 Å². The minimum absolute atomic E-state index is 0.375. The van der Waals surface area contributed by atoms with Gasteiger partial charge >= 0.3 is 0 Å². The zero-order valence-corrected chi connectivity index (χ0v) is 7.40. The van der Waals surface area contributed by atoms with Crippen molar-refractivity contribution in [1.82, 2.24) is 0 Å². The maximum absolute atomic E-state index is 5.24. The number of rotatable bonds is 3. The maximum atomic E-state index is 5.24. The fraction of sp³-hybridized carbons (Fsp3) is 0.455. The molecule has 2 aliphatic heterocycles. The lowest BCUT2D eigenvalue weighted by molar-refractivity contribution is 0.406. The Morgan fingerprint density at radius 2 is 2.08 bits per heavy atom. The quantitative estimate of drug-likeness (QED) is 0.655. The van der Waals surface area contributed by atoms with Gasteiger partial charge in [0.15, 0.2) is 0 Å². The van der Waals surface area contributed by atoms with Crippen molar-refractivity contribution in [2.24, 2.45) is 0 Å². The smallest absolute Gasteiger partial charge is 0.106 e. The summed E-state index contributed by atoms with van der Waals surface area (Å²) in [5.41, 5.74) is 2.69. The molecule has 2 unspecified atom stereocenters. The first kappa shape index (κ1) is 7.54. The molecule has 0 spiro atoms. The predicted octanol–water partition coefficient (Wildman–Crippen LogP) is 1.70. The monoisotopic (exact) mass is 176 g/mol. The van der Waals surface area contributed by atoms with E-state index >= 15 is 0 Å². The SMILES string of the molecule is c1cc(CC2CO2)cc(C2CO2)c1. The molecule has 2 nitrogen and oxygen atoms in total. The predicted molar refractivity (Wildman–Crippen MR) is 48.6 cm³/mol. The highest BCUT2D eigenvalue weighted by Crippen LogP contribution is 2.30. The number of epoxide rings is 2. The highest BCUT2D eigenvalue weighted by atomic mass is 16.6. The fourth-order valence-electron chi connectivity index (χ4n) is 1.61. The van der Waals surface area contributed by atoms with Crippen LogP contribution in [0.25, 0.3) is 0 Å². The van der Waals surface area contributed by atoms with E-state index in [9.17, 15) is 0 Å². The van der Waals surface area contributed by atoms with E-state index in [4.69, 9.17) is 9.47 Å². The molecule has 0 aromatic heterocycles. The van der Waals surface area contributed by atoms with E-state index < -0.39 is 0 Å². The van der Waals surface area contributed by atoms with Crippen molar-refractivity contribution in [3.63, 3.8) is 0 Å². The van der Waals surface area contributed by atoms with Gasteiger partial charge in [0.1, 0.15) is 6.10 Å². The molecule has 0 amide bonds. The summed E-state index contributed by atoms with van der Waals surface area (Å²) in [5.74, 6) is 0. The van der Waals surface area contributed by atoms with Gasteiger partial charge in [-0.1, -0.05) is 24.3 Å². The summed E-state index contributed by atoms with van der Waals surface area (Å²) in [7, 11) is 0. The first-order valence-electron chi connectivity index (χ1n) is 4.74. The molecule has 0 aliphatic carbocycles. The summed E-state index contributed by atoms with van der Waals surface area (Å²) in [5, 5.41) is 0. The lowest BCUT2D eigenvalue weighted by Crippen LogP contribution is -1.93. The molecule has 1 aromatic carbocycles. The molecule has 2 heterocycles. The minimum Gasteiger partial charge on any atom is -0.373 e. The van der Waals surface area contributed by atoms with Crippen molar-refractivity contribution in [3.05, 3.63) is 35.4 Å². The van der Waals surface area contributed by atoms with Crippen LogP contribution >= 0.6 is 0 Å². The average molecular weight is 176 g/mol. The lowest BCUT2D eigenvalue weighted by atomic mass is 10.1. The second-order valence-electron chi connectivity index (χ2n) is 3.73. The van der Waals surface area contributed by atoms with Gasteiger partial charge in [-0.15, -0.1) is 0 Å². The Hall–Kier alpha value is -0.860. The van der Waals surface area contributed by atoms with Crippen LogP contribution in [0.15, 0.2) is 24.3 Å². The highest BCUT2D eigenvalue weighted by molar-refractivity contribution is 5.27. The summed E-state index contributed by atoms with van der Waals surface area (Å²) in [4.78, 5) is 0. The van der Waals surface area contributed by atoms with Crippen LogP contribution in [-0.4, -0.2) is 19.3 Å². The van der Waals surface area contributed by atoms with E-state index in [0.717, 1.165) is 19.6 Å². The highest BCUT2D eigenvalue weighted by Gasteiger charge is 2.26. The molecular weight excluding hydrogens is 164 g/mol. The van der Waals surface area contributed by atoms with Gasteiger partial charge in [-0.3, -0.25) is 0 Å². The Kier molecular flexibility index (Phi) is 1.64. The van der Waals surface area contributed by atoms with E-state index in [0.29, 0.717) is 12.2 Å². The molecule has 1 aromatic rings. The van der Waals surface area contributed by atoms with Crippen LogP contribution in [0.1, 0.15) is 17.2 Å². The molecule has 68 valence electrons. The van der Waals surface area contributed by atoms with Crippen molar-refractivity contribution in [1.29, 1.82) is 0 Å². The topological polar surface area (TPSA) is 25.1 Å². The fourth-order valence-corrected chi connectivity index (χ4v) is 1.61. The summed E-state index contributed by atoms with van der Waals surface area (Å²) in [6.07, 6.45) is 1.91. The largest absolute Gasteiger partial charge is 0.373 e. The van der Waals surface area contributed by atoms with Crippen LogP contribution in [0, 0.1) is 0 Å². The van der Waals surface area contributed by atoms with Gasteiger partial charge in [-0.25, -0.2) is 0 Å². The molecule has 2 aliphatic rings. The number of hydrogen-bond donors (Lipinski definition) is 0. The summed E-state index contributed by atoms with van der Waals surface area (Å²) >= 11 is 0. The Labute approximate surface area is 77.5 Å². The van der Waals surface area contributed by atoms with E-state index in [1.807, 2.05) is 0 Å². The zero-order chi connectivity index (χ0) is 8.67. The van der Waals surface area contributed by atoms with Crippen LogP contribution in [0.2, 0.25) is 0 Å². The van der Waals surface area contributed by atoms with Crippen LogP contribution in [0.5, 0.6) is 0 Å². The molecule has 2 fully saturated rings. The van der Waals surface area contributed by atoms with E-state index in [2.05, 4.69) is 24.3 Å². The van der Waals surface area contributed by atoms with Crippen molar-refractivity contribution in [2.75, 3.05) is 13.2 Å². The third kappa shape index (κ3) is 1.74. The van der Waals surface area contributed by atoms with Gasteiger partial charge < -0.3 is 9.47 Å². The zero-order valence-electron chi connectivity index (χ0n) is 7.40. The molecule has 3 rings (SSSR count). The second-order valence-corrected chi connectivity index (χ2v) is 3.73. The molecule has 2 heteroatoms. The van der Waals surface area contributed by atoms with E-state index in [1.54, 1.807) is 0 Å². The van der Waals surface area contributed by atoms with E-state index in [-0.39, 0.29) is 0 Å². The van der Waals surface area contributed by atoms with Gasteiger partial charge in [0.05, 0.1) is 19.3 Å². The Morgan fingerprint density at radius 1 is 1.23 bits per heavy atom. The Morgan fingerprint density at radius 3 is 2.77 bits per heavy atom. The van der Waals surface area contributed by atoms with E-state index in [1.165, 1.54) is 11.1 Å². The molecule has 0 saturated carbocycles. The van der Waals surface area contributed by atoms with Crippen molar-refractivity contribution >= 4 is 0 Å². The Bertz CT molecular complexity index is 314. The number of benzene rings is 1. The van der Waals surface area contributed by atoms with Gasteiger partial charge in [-0.05, 0) is 11.1 Å². The average Bonchev–Trinajstić information content (AvgIpc) is 3.00.